The second kappa shape index (κ2) is 12.4. The van der Waals surface area contributed by atoms with E-state index < -0.39 is 0 Å². The summed E-state index contributed by atoms with van der Waals surface area (Å²) < 4.78 is 0. The van der Waals surface area contributed by atoms with E-state index in [2.05, 4.69) is 10.6 Å². The zero-order valence-corrected chi connectivity index (χ0v) is 20.5. The molecule has 0 spiro atoms. The Hall–Kier alpha value is -4.13. The van der Waals surface area contributed by atoms with E-state index in [1.807, 2.05) is 67.6 Å². The topological polar surface area (TPSA) is 81.8 Å². The molecule has 0 saturated carbocycles. The highest BCUT2D eigenvalue weighted by Crippen LogP contribution is 2.19. The number of carbonyl (C=O) groups is 3. The number of nitrogens with one attached hydrogen (secondary N) is 2. The Kier molecular flexibility index (Phi) is 9.01. The number of rotatable bonds is 10. The summed E-state index contributed by atoms with van der Waals surface area (Å²) in [6, 6.07) is 24.2. The fourth-order valence-electron chi connectivity index (χ4n) is 3.59. The largest absolute Gasteiger partial charge is 0.376 e. The van der Waals surface area contributed by atoms with Crippen molar-refractivity contribution in [3.63, 3.8) is 0 Å². The Bertz CT molecular complexity index is 1140. The molecule has 0 aliphatic carbocycles. The molecule has 0 fully saturated rings. The third kappa shape index (κ3) is 7.43. The van der Waals surface area contributed by atoms with Crippen LogP contribution in [0.1, 0.15) is 29.3 Å². The van der Waals surface area contributed by atoms with E-state index in [4.69, 9.17) is 0 Å². The molecule has 0 aromatic heterocycles. The number of carbonyl (C=O) groups excluding carboxylic acids is 3. The molecule has 3 amide bonds. The Morgan fingerprint density at radius 2 is 1.54 bits per heavy atom. The average Bonchev–Trinajstić information content (AvgIpc) is 2.88. The first kappa shape index (κ1) is 25.5. The molecule has 0 radical (unpaired) electrons. The number of para-hydroxylation sites is 1. The molecule has 0 unspecified atom stereocenters. The van der Waals surface area contributed by atoms with Gasteiger partial charge in [0.05, 0.1) is 6.54 Å². The van der Waals surface area contributed by atoms with Crippen LogP contribution >= 0.6 is 0 Å². The number of hydrogen-bond acceptors (Lipinski definition) is 4. The molecule has 182 valence electrons. The summed E-state index contributed by atoms with van der Waals surface area (Å²) in [6.07, 6.45) is 1.10. The van der Waals surface area contributed by atoms with Gasteiger partial charge in [-0.15, -0.1) is 0 Å². The molecule has 0 bridgehead atoms. The van der Waals surface area contributed by atoms with Crippen molar-refractivity contribution >= 4 is 34.8 Å². The van der Waals surface area contributed by atoms with Crippen molar-refractivity contribution in [3.8, 4) is 0 Å². The van der Waals surface area contributed by atoms with E-state index in [1.165, 1.54) is 0 Å². The van der Waals surface area contributed by atoms with Crippen molar-refractivity contribution in [1.82, 2.24) is 4.90 Å². The molecule has 3 aromatic rings. The standard InChI is InChI=1S/C28H32N4O3/c1-4-32(25-11-6-5-7-12-25)28(35)22-9-8-10-24(19-22)29-20-26(33)30-23-16-13-21(14-17-23)15-18-27(34)31(2)3/h5-14,16-17,19,29H,4,15,18,20H2,1-3H3,(H,30,33). The Morgan fingerprint density at radius 3 is 2.20 bits per heavy atom. The highest BCUT2D eigenvalue weighted by molar-refractivity contribution is 6.06. The zero-order valence-electron chi connectivity index (χ0n) is 20.5. The van der Waals surface area contributed by atoms with Crippen LogP contribution in [0.25, 0.3) is 0 Å². The second-order valence-electron chi connectivity index (χ2n) is 8.35. The highest BCUT2D eigenvalue weighted by Gasteiger charge is 2.16. The van der Waals surface area contributed by atoms with Gasteiger partial charge in [0.2, 0.25) is 11.8 Å². The van der Waals surface area contributed by atoms with Crippen LogP contribution in [0.4, 0.5) is 17.1 Å². The van der Waals surface area contributed by atoms with E-state index in [-0.39, 0.29) is 24.3 Å². The van der Waals surface area contributed by atoms with Gasteiger partial charge in [0, 0.05) is 49.7 Å². The van der Waals surface area contributed by atoms with Crippen LogP contribution < -0.4 is 15.5 Å². The van der Waals surface area contributed by atoms with Gasteiger partial charge in [-0.05, 0) is 61.4 Å². The lowest BCUT2D eigenvalue weighted by Crippen LogP contribution is -2.30. The molecule has 0 atom stereocenters. The lowest BCUT2D eigenvalue weighted by Gasteiger charge is -2.21. The maximum Gasteiger partial charge on any atom is 0.258 e. The van der Waals surface area contributed by atoms with Crippen molar-refractivity contribution in [2.75, 3.05) is 42.7 Å². The van der Waals surface area contributed by atoms with Crippen molar-refractivity contribution in [3.05, 3.63) is 90.0 Å². The summed E-state index contributed by atoms with van der Waals surface area (Å²) >= 11 is 0. The summed E-state index contributed by atoms with van der Waals surface area (Å²) in [5, 5.41) is 5.94. The van der Waals surface area contributed by atoms with Gasteiger partial charge in [-0.3, -0.25) is 14.4 Å². The third-order valence-corrected chi connectivity index (χ3v) is 5.56. The molecule has 0 aliphatic heterocycles. The fraction of sp³-hybridized carbons (Fsp3) is 0.250. The highest BCUT2D eigenvalue weighted by atomic mass is 16.2. The van der Waals surface area contributed by atoms with Gasteiger partial charge in [0.25, 0.3) is 5.91 Å². The predicted octanol–water partition coefficient (Wildman–Crippen LogP) is 4.42. The molecule has 7 heteroatoms. The van der Waals surface area contributed by atoms with Gasteiger partial charge in [0.15, 0.2) is 0 Å². The molecular formula is C28H32N4O3. The van der Waals surface area contributed by atoms with Gasteiger partial charge in [-0.2, -0.15) is 0 Å². The summed E-state index contributed by atoms with van der Waals surface area (Å²) in [5.41, 5.74) is 3.80. The van der Waals surface area contributed by atoms with Crippen LogP contribution in [-0.4, -0.2) is 49.8 Å². The molecule has 0 aliphatic rings. The minimum atomic E-state index is -0.197. The molecule has 35 heavy (non-hydrogen) atoms. The van der Waals surface area contributed by atoms with E-state index in [0.717, 1.165) is 11.3 Å². The number of hydrogen-bond donors (Lipinski definition) is 2. The number of nitrogens with zero attached hydrogens (tertiary/aromatic N) is 2. The summed E-state index contributed by atoms with van der Waals surface area (Å²) in [6.45, 7) is 2.55. The predicted molar refractivity (Wildman–Crippen MR) is 141 cm³/mol. The third-order valence-electron chi connectivity index (χ3n) is 5.56. The number of anilines is 3. The summed E-state index contributed by atoms with van der Waals surface area (Å²) in [4.78, 5) is 40.5. The quantitative estimate of drug-likeness (QED) is 0.458. The van der Waals surface area contributed by atoms with Gasteiger partial charge in [-0.25, -0.2) is 0 Å². The van der Waals surface area contributed by atoms with Gasteiger partial charge in [0.1, 0.15) is 0 Å². The van der Waals surface area contributed by atoms with E-state index >= 15 is 0 Å². The Balaban J connectivity index is 1.53. The van der Waals surface area contributed by atoms with Crippen molar-refractivity contribution in [2.45, 2.75) is 19.8 Å². The number of benzene rings is 3. The molecule has 0 heterocycles. The van der Waals surface area contributed by atoms with Gasteiger partial charge < -0.3 is 20.4 Å². The Morgan fingerprint density at radius 1 is 0.829 bits per heavy atom. The van der Waals surface area contributed by atoms with Gasteiger partial charge >= 0.3 is 0 Å². The monoisotopic (exact) mass is 472 g/mol. The van der Waals surface area contributed by atoms with Crippen LogP contribution in [-0.2, 0) is 16.0 Å². The molecule has 3 aromatic carbocycles. The van der Waals surface area contributed by atoms with Gasteiger partial charge in [-0.1, -0.05) is 36.4 Å². The molecule has 7 nitrogen and oxygen atoms in total. The lowest BCUT2D eigenvalue weighted by molar-refractivity contribution is -0.128. The average molecular weight is 473 g/mol. The van der Waals surface area contributed by atoms with Crippen molar-refractivity contribution < 1.29 is 14.4 Å². The minimum Gasteiger partial charge on any atom is -0.376 e. The van der Waals surface area contributed by atoms with E-state index in [9.17, 15) is 14.4 Å². The van der Waals surface area contributed by atoms with Crippen LogP contribution in [0.15, 0.2) is 78.9 Å². The van der Waals surface area contributed by atoms with Crippen LogP contribution in [0, 0.1) is 0 Å². The number of aryl methyl sites for hydroxylation is 1. The smallest absolute Gasteiger partial charge is 0.258 e. The summed E-state index contributed by atoms with van der Waals surface area (Å²) in [7, 11) is 3.49. The first-order chi connectivity index (χ1) is 16.9. The first-order valence-corrected chi connectivity index (χ1v) is 11.7. The molecule has 3 rings (SSSR count). The maximum absolute atomic E-state index is 13.1. The van der Waals surface area contributed by atoms with E-state index in [0.29, 0.717) is 36.3 Å². The second-order valence-corrected chi connectivity index (χ2v) is 8.35. The zero-order chi connectivity index (χ0) is 25.2. The minimum absolute atomic E-state index is 0.0624. The van der Waals surface area contributed by atoms with Crippen molar-refractivity contribution in [1.29, 1.82) is 0 Å². The van der Waals surface area contributed by atoms with Crippen molar-refractivity contribution in [2.24, 2.45) is 0 Å². The molecule has 0 saturated heterocycles. The lowest BCUT2D eigenvalue weighted by atomic mass is 10.1. The van der Waals surface area contributed by atoms with Crippen LogP contribution in [0.5, 0.6) is 0 Å². The molecular weight excluding hydrogens is 440 g/mol. The van der Waals surface area contributed by atoms with Crippen LogP contribution in [0.2, 0.25) is 0 Å². The maximum atomic E-state index is 13.1. The van der Waals surface area contributed by atoms with E-state index in [1.54, 1.807) is 42.1 Å². The first-order valence-electron chi connectivity index (χ1n) is 11.7. The summed E-state index contributed by atoms with van der Waals surface area (Å²) in [5.74, 6) is -0.211. The SMILES string of the molecule is CCN(C(=O)c1cccc(NCC(=O)Nc2ccc(CCC(=O)N(C)C)cc2)c1)c1ccccc1. The number of amides is 3. The Labute approximate surface area is 206 Å². The fourth-order valence-corrected chi connectivity index (χ4v) is 3.59. The molecule has 2 N–H and O–H groups in total. The normalized spacial score (nSPS) is 10.4. The van der Waals surface area contributed by atoms with Crippen LogP contribution in [0.3, 0.4) is 0 Å².